The third-order valence-electron chi connectivity index (χ3n) is 9.01. The maximum absolute atomic E-state index is 14.4. The molecule has 1 aliphatic carbocycles. The van der Waals surface area contributed by atoms with Crippen molar-refractivity contribution in [3.63, 3.8) is 0 Å². The number of carbonyl (C=O) groups excluding carboxylic acids is 2. The van der Waals surface area contributed by atoms with E-state index in [9.17, 15) is 23.6 Å². The van der Waals surface area contributed by atoms with E-state index in [2.05, 4.69) is 20.5 Å². The topological polar surface area (TPSA) is 128 Å². The van der Waals surface area contributed by atoms with Crippen molar-refractivity contribution in [2.75, 3.05) is 19.6 Å². The van der Waals surface area contributed by atoms with Gasteiger partial charge >= 0.3 is 11.8 Å². The first-order chi connectivity index (χ1) is 21.0. The van der Waals surface area contributed by atoms with Crippen LogP contribution in [0.2, 0.25) is 0 Å². The van der Waals surface area contributed by atoms with Crippen LogP contribution in [-0.4, -0.2) is 68.3 Å². The van der Waals surface area contributed by atoms with Crippen LogP contribution >= 0.6 is 0 Å². The van der Waals surface area contributed by atoms with Crippen LogP contribution in [0.15, 0.2) is 46.1 Å². The lowest BCUT2D eigenvalue weighted by molar-refractivity contribution is 0.0487. The van der Waals surface area contributed by atoms with E-state index in [-0.39, 0.29) is 29.0 Å². The van der Waals surface area contributed by atoms with E-state index in [4.69, 9.17) is 4.74 Å². The molecule has 3 aliphatic heterocycles. The number of pyridine rings is 1. The summed E-state index contributed by atoms with van der Waals surface area (Å²) < 4.78 is 22.2. The second kappa shape index (κ2) is 11.8. The standard InChI is InChI=1S/C32H39FN6O5/c1-32(2,3)44-30(42)35-22-7-9-23(10-8-22)39-29(41)25-16-21(33)17-34-27(25)38(31(39)43)24-6-4-5-20(15-24)28(40)36-26-18-37-13-11-19(26)12-14-37/h4-6,15-17,19,22-23,26H,7-14,18H2,1-3H3,(H,35,42)(H,36,40)/t22-,23+,26?. The molecule has 0 radical (unpaired) electrons. The van der Waals surface area contributed by atoms with E-state index >= 15 is 0 Å². The molecule has 3 saturated heterocycles. The predicted octanol–water partition coefficient (Wildman–Crippen LogP) is 3.52. The maximum atomic E-state index is 14.4. The molecule has 0 spiro atoms. The molecule has 234 valence electrons. The van der Waals surface area contributed by atoms with Gasteiger partial charge in [0.1, 0.15) is 11.4 Å². The Morgan fingerprint density at radius 1 is 1.00 bits per heavy atom. The zero-order valence-corrected chi connectivity index (χ0v) is 25.3. The number of alkyl carbamates (subject to hydrolysis) is 1. The number of nitrogens with one attached hydrogen (secondary N) is 2. The summed E-state index contributed by atoms with van der Waals surface area (Å²) in [6, 6.07) is 7.20. The average Bonchev–Trinajstić information content (AvgIpc) is 2.98. The molecule has 1 atom stereocenters. The van der Waals surface area contributed by atoms with Gasteiger partial charge in [0, 0.05) is 30.2 Å². The van der Waals surface area contributed by atoms with Crippen molar-refractivity contribution in [1.82, 2.24) is 29.7 Å². The molecule has 44 heavy (non-hydrogen) atoms. The van der Waals surface area contributed by atoms with Crippen LogP contribution in [0.5, 0.6) is 0 Å². The van der Waals surface area contributed by atoms with E-state index in [0.717, 1.165) is 44.7 Å². The molecular formula is C32H39FN6O5. The van der Waals surface area contributed by atoms with Crippen molar-refractivity contribution >= 4 is 23.0 Å². The second-order valence-electron chi connectivity index (χ2n) is 13.2. The fourth-order valence-corrected chi connectivity index (χ4v) is 6.86. The molecule has 3 aromatic rings. The number of hydrogen-bond acceptors (Lipinski definition) is 7. The molecule has 1 saturated carbocycles. The van der Waals surface area contributed by atoms with E-state index in [1.54, 1.807) is 45.0 Å². The number of nitrogens with zero attached hydrogens (tertiary/aromatic N) is 4. The maximum Gasteiger partial charge on any atom is 0.407 e. The predicted molar refractivity (Wildman–Crippen MR) is 163 cm³/mol. The molecule has 2 N–H and O–H groups in total. The summed E-state index contributed by atoms with van der Waals surface area (Å²) in [4.78, 5) is 59.8. The van der Waals surface area contributed by atoms with E-state index < -0.39 is 34.8 Å². The van der Waals surface area contributed by atoms with Crippen molar-refractivity contribution in [1.29, 1.82) is 0 Å². The van der Waals surface area contributed by atoms with Crippen molar-refractivity contribution < 1.29 is 18.7 Å². The number of hydrogen-bond donors (Lipinski definition) is 2. The number of piperidine rings is 3. The van der Waals surface area contributed by atoms with E-state index in [1.165, 1.54) is 9.13 Å². The van der Waals surface area contributed by atoms with Gasteiger partial charge in [0.15, 0.2) is 5.65 Å². The molecule has 2 amide bonds. The van der Waals surface area contributed by atoms with Gasteiger partial charge in [-0.15, -0.1) is 0 Å². The van der Waals surface area contributed by atoms with Crippen LogP contribution in [0.25, 0.3) is 16.7 Å². The van der Waals surface area contributed by atoms with Crippen LogP contribution in [0.1, 0.15) is 75.7 Å². The molecule has 5 heterocycles. The zero-order valence-electron chi connectivity index (χ0n) is 25.3. The van der Waals surface area contributed by atoms with Crippen molar-refractivity contribution in [3.8, 4) is 5.69 Å². The van der Waals surface area contributed by atoms with Crippen LogP contribution in [0, 0.1) is 11.7 Å². The minimum absolute atomic E-state index is 0.0212. The Morgan fingerprint density at radius 2 is 1.73 bits per heavy atom. The third-order valence-corrected chi connectivity index (χ3v) is 9.01. The average molecular weight is 607 g/mol. The number of carbonyl (C=O) groups is 2. The molecule has 4 aliphatic rings. The SMILES string of the molecule is CC(C)(C)OC(=O)N[C@H]1CC[C@@H](n2c(=O)c3cc(F)cnc3n(-c3cccc(C(=O)NC4CN5CCC4CC5)c3)c2=O)CC1. The number of halogens is 1. The van der Waals surface area contributed by atoms with Gasteiger partial charge in [-0.1, -0.05) is 6.07 Å². The van der Waals surface area contributed by atoms with Crippen LogP contribution < -0.4 is 21.9 Å². The van der Waals surface area contributed by atoms with Gasteiger partial charge in [0.05, 0.1) is 17.3 Å². The Morgan fingerprint density at radius 3 is 2.39 bits per heavy atom. The highest BCUT2D eigenvalue weighted by molar-refractivity contribution is 5.95. The molecular weight excluding hydrogens is 567 g/mol. The Hall–Kier alpha value is -4.06. The number of ether oxygens (including phenoxy) is 1. The molecule has 4 fully saturated rings. The smallest absolute Gasteiger partial charge is 0.407 e. The first-order valence-electron chi connectivity index (χ1n) is 15.4. The Bertz CT molecular complexity index is 1700. The Labute approximate surface area is 254 Å². The van der Waals surface area contributed by atoms with Crippen LogP contribution in [-0.2, 0) is 4.74 Å². The Kier molecular flexibility index (Phi) is 8.04. The van der Waals surface area contributed by atoms with Crippen LogP contribution in [0.4, 0.5) is 9.18 Å². The summed E-state index contributed by atoms with van der Waals surface area (Å²) in [6.45, 7) is 8.33. The Balaban J connectivity index is 1.30. The third kappa shape index (κ3) is 6.12. The van der Waals surface area contributed by atoms with Gasteiger partial charge in [-0.25, -0.2) is 23.5 Å². The summed E-state index contributed by atoms with van der Waals surface area (Å²) in [5.74, 6) is -0.468. The number of amides is 2. The molecule has 1 unspecified atom stereocenters. The molecule has 11 nitrogen and oxygen atoms in total. The number of benzene rings is 1. The number of fused-ring (bicyclic) bond motifs is 4. The van der Waals surface area contributed by atoms with E-state index in [1.807, 2.05) is 0 Å². The normalized spacial score (nSPS) is 25.0. The molecule has 2 bridgehead atoms. The zero-order chi connectivity index (χ0) is 31.2. The minimum atomic E-state index is -0.692. The lowest BCUT2D eigenvalue weighted by Gasteiger charge is -2.44. The van der Waals surface area contributed by atoms with Gasteiger partial charge < -0.3 is 20.3 Å². The highest BCUT2D eigenvalue weighted by Gasteiger charge is 2.35. The summed E-state index contributed by atoms with van der Waals surface area (Å²) in [6.07, 6.45) is 4.56. The lowest BCUT2D eigenvalue weighted by Crippen LogP contribution is -2.57. The molecule has 2 aromatic heterocycles. The van der Waals surface area contributed by atoms with Gasteiger partial charge in [-0.3, -0.25) is 14.2 Å². The van der Waals surface area contributed by atoms with Crippen molar-refractivity contribution in [2.45, 2.75) is 83.0 Å². The number of aromatic nitrogens is 3. The van der Waals surface area contributed by atoms with Gasteiger partial charge in [-0.2, -0.15) is 0 Å². The highest BCUT2D eigenvalue weighted by atomic mass is 19.1. The fourth-order valence-electron chi connectivity index (χ4n) is 6.86. The first-order valence-corrected chi connectivity index (χ1v) is 15.4. The van der Waals surface area contributed by atoms with Crippen LogP contribution in [0.3, 0.4) is 0 Å². The summed E-state index contributed by atoms with van der Waals surface area (Å²) in [5, 5.41) is 6.03. The highest BCUT2D eigenvalue weighted by Crippen LogP contribution is 2.29. The van der Waals surface area contributed by atoms with Crippen molar-refractivity contribution in [3.05, 3.63) is 68.7 Å². The summed E-state index contributed by atoms with van der Waals surface area (Å²) >= 11 is 0. The van der Waals surface area contributed by atoms with Crippen molar-refractivity contribution in [2.24, 2.45) is 5.92 Å². The quantitative estimate of drug-likeness (QED) is 0.455. The fraction of sp³-hybridized carbons (Fsp3) is 0.531. The first kappa shape index (κ1) is 30.0. The summed E-state index contributed by atoms with van der Waals surface area (Å²) in [5.41, 5.74) is -1.09. The summed E-state index contributed by atoms with van der Waals surface area (Å²) in [7, 11) is 0. The second-order valence-corrected chi connectivity index (χ2v) is 13.2. The van der Waals surface area contributed by atoms with Gasteiger partial charge in [0.25, 0.3) is 11.5 Å². The minimum Gasteiger partial charge on any atom is -0.444 e. The lowest BCUT2D eigenvalue weighted by atomic mass is 9.84. The molecule has 1 aromatic carbocycles. The monoisotopic (exact) mass is 606 g/mol. The largest absolute Gasteiger partial charge is 0.444 e. The molecule has 7 rings (SSSR count). The number of rotatable bonds is 5. The molecule has 12 heteroatoms. The van der Waals surface area contributed by atoms with Gasteiger partial charge in [0.2, 0.25) is 0 Å². The van der Waals surface area contributed by atoms with Gasteiger partial charge in [-0.05, 0) is 103 Å². The van der Waals surface area contributed by atoms with E-state index in [0.29, 0.717) is 42.9 Å².